The maximum atomic E-state index is 13.8. The lowest BCUT2D eigenvalue weighted by molar-refractivity contribution is 0.527. The summed E-state index contributed by atoms with van der Waals surface area (Å²) in [7, 11) is 1.91. The third-order valence-corrected chi connectivity index (χ3v) is 3.86. The van der Waals surface area contributed by atoms with E-state index in [2.05, 4.69) is 26.3 Å². The fourth-order valence-electron chi connectivity index (χ4n) is 1.94. The molecule has 0 fully saturated rings. The molecule has 0 bridgehead atoms. The van der Waals surface area contributed by atoms with Crippen LogP contribution < -0.4 is 5.32 Å². The summed E-state index contributed by atoms with van der Waals surface area (Å²) in [5, 5.41) is 7.51. The number of hydrogen-bond donors (Lipinski definition) is 1. The lowest BCUT2D eigenvalue weighted by atomic mass is 10.1. The second-order valence-electron chi connectivity index (χ2n) is 4.65. The van der Waals surface area contributed by atoms with Gasteiger partial charge in [-0.2, -0.15) is 5.10 Å². The smallest absolute Gasteiger partial charge is 0.129 e. The highest BCUT2D eigenvalue weighted by atomic mass is 79.9. The van der Waals surface area contributed by atoms with Crippen molar-refractivity contribution in [1.29, 1.82) is 0 Å². The van der Waals surface area contributed by atoms with Crippen LogP contribution in [0.15, 0.2) is 28.9 Å². The topological polar surface area (TPSA) is 29.9 Å². The first-order valence-electron chi connectivity index (χ1n) is 6.15. The van der Waals surface area contributed by atoms with E-state index in [4.69, 9.17) is 0 Å². The largest absolute Gasteiger partial charge is 0.306 e. The van der Waals surface area contributed by atoms with Crippen LogP contribution in [0, 0.1) is 12.7 Å². The summed E-state index contributed by atoms with van der Waals surface area (Å²) < 4.78 is 16.4. The van der Waals surface area contributed by atoms with Crippen LogP contribution >= 0.6 is 15.9 Å². The zero-order valence-corrected chi connectivity index (χ0v) is 12.8. The third-order valence-electron chi connectivity index (χ3n) is 3.36. The Morgan fingerprint density at radius 3 is 2.79 bits per heavy atom. The Morgan fingerprint density at radius 2 is 2.21 bits per heavy atom. The Bertz CT molecular complexity index is 580. The van der Waals surface area contributed by atoms with Crippen molar-refractivity contribution in [1.82, 2.24) is 15.1 Å². The van der Waals surface area contributed by atoms with Crippen LogP contribution in [-0.2, 0) is 13.6 Å². The van der Waals surface area contributed by atoms with E-state index in [9.17, 15) is 4.39 Å². The average molecular weight is 326 g/mol. The van der Waals surface area contributed by atoms with Crippen LogP contribution in [0.3, 0.4) is 0 Å². The number of rotatable bonds is 4. The predicted molar refractivity (Wildman–Crippen MR) is 77.3 cm³/mol. The van der Waals surface area contributed by atoms with Crippen molar-refractivity contribution in [3.05, 3.63) is 51.5 Å². The summed E-state index contributed by atoms with van der Waals surface area (Å²) >= 11 is 3.26. The number of aryl methyl sites for hydroxylation is 1. The minimum absolute atomic E-state index is 0.0484. The van der Waals surface area contributed by atoms with Gasteiger partial charge in [-0.3, -0.25) is 4.68 Å². The van der Waals surface area contributed by atoms with Crippen molar-refractivity contribution in [3.63, 3.8) is 0 Å². The van der Waals surface area contributed by atoms with E-state index < -0.39 is 0 Å². The van der Waals surface area contributed by atoms with Crippen LogP contribution in [0.1, 0.15) is 29.8 Å². The Balaban J connectivity index is 2.05. The Hall–Kier alpha value is -1.20. The van der Waals surface area contributed by atoms with Gasteiger partial charge in [0.25, 0.3) is 0 Å². The van der Waals surface area contributed by atoms with Crippen molar-refractivity contribution in [2.75, 3.05) is 0 Å². The highest BCUT2D eigenvalue weighted by Crippen LogP contribution is 2.21. The highest BCUT2D eigenvalue weighted by Gasteiger charge is 2.12. The van der Waals surface area contributed by atoms with E-state index in [1.54, 1.807) is 6.07 Å². The minimum atomic E-state index is -0.197. The van der Waals surface area contributed by atoms with Gasteiger partial charge in [0.2, 0.25) is 0 Å². The van der Waals surface area contributed by atoms with Crippen molar-refractivity contribution in [2.45, 2.75) is 26.4 Å². The normalized spacial score (nSPS) is 12.7. The van der Waals surface area contributed by atoms with Gasteiger partial charge < -0.3 is 5.32 Å². The second kappa shape index (κ2) is 5.84. The quantitative estimate of drug-likeness (QED) is 0.932. The standard InChI is InChI=1S/C14H17BrFN3/c1-9(13-5-4-12(15)6-14(13)16)17-7-11-8-18-19(3)10(11)2/h4-6,8-9,17H,7H2,1-3H3. The summed E-state index contributed by atoms with van der Waals surface area (Å²) in [6.07, 6.45) is 1.84. The van der Waals surface area contributed by atoms with E-state index in [-0.39, 0.29) is 11.9 Å². The van der Waals surface area contributed by atoms with Gasteiger partial charge in [-0.25, -0.2) is 4.39 Å². The van der Waals surface area contributed by atoms with Crippen molar-refractivity contribution in [2.24, 2.45) is 7.05 Å². The fraction of sp³-hybridized carbons (Fsp3) is 0.357. The summed E-state index contributed by atoms with van der Waals surface area (Å²) in [5.41, 5.74) is 2.92. The molecule has 102 valence electrons. The molecule has 1 aromatic carbocycles. The Kier molecular flexibility index (Phi) is 4.37. The Labute approximate surface area is 121 Å². The van der Waals surface area contributed by atoms with Crippen LogP contribution in [0.5, 0.6) is 0 Å². The lowest BCUT2D eigenvalue weighted by Gasteiger charge is -2.15. The number of nitrogens with one attached hydrogen (secondary N) is 1. The maximum absolute atomic E-state index is 13.8. The average Bonchev–Trinajstić information content (AvgIpc) is 2.67. The second-order valence-corrected chi connectivity index (χ2v) is 5.56. The molecule has 1 heterocycles. The van der Waals surface area contributed by atoms with Crippen LogP contribution in [0.25, 0.3) is 0 Å². The van der Waals surface area contributed by atoms with Gasteiger partial charge in [-0.05, 0) is 26.0 Å². The molecule has 1 unspecified atom stereocenters. The molecule has 0 saturated heterocycles. The first-order chi connectivity index (χ1) is 8.99. The van der Waals surface area contributed by atoms with E-state index in [1.165, 1.54) is 6.07 Å². The molecule has 0 aliphatic heterocycles. The molecule has 1 aromatic heterocycles. The van der Waals surface area contributed by atoms with Crippen molar-refractivity contribution in [3.8, 4) is 0 Å². The molecular weight excluding hydrogens is 309 g/mol. The third kappa shape index (κ3) is 3.22. The van der Waals surface area contributed by atoms with E-state index in [0.717, 1.165) is 15.7 Å². The summed E-state index contributed by atoms with van der Waals surface area (Å²) in [4.78, 5) is 0. The molecule has 0 aliphatic carbocycles. The maximum Gasteiger partial charge on any atom is 0.129 e. The first kappa shape index (κ1) is 14.2. The summed E-state index contributed by atoms with van der Waals surface area (Å²) in [6.45, 7) is 4.66. The molecule has 0 amide bonds. The molecule has 1 N–H and O–H groups in total. The van der Waals surface area contributed by atoms with Gasteiger partial charge in [0.15, 0.2) is 0 Å². The van der Waals surface area contributed by atoms with Crippen molar-refractivity contribution >= 4 is 15.9 Å². The zero-order valence-electron chi connectivity index (χ0n) is 11.2. The van der Waals surface area contributed by atoms with Gasteiger partial charge in [-0.15, -0.1) is 0 Å². The number of nitrogens with zero attached hydrogens (tertiary/aromatic N) is 2. The molecule has 0 saturated carbocycles. The van der Waals surface area contributed by atoms with Gasteiger partial charge in [0.1, 0.15) is 5.82 Å². The molecule has 5 heteroatoms. The molecule has 2 rings (SSSR count). The molecule has 0 radical (unpaired) electrons. The lowest BCUT2D eigenvalue weighted by Crippen LogP contribution is -2.19. The monoisotopic (exact) mass is 325 g/mol. The van der Waals surface area contributed by atoms with E-state index >= 15 is 0 Å². The summed E-state index contributed by atoms with van der Waals surface area (Å²) in [5.74, 6) is -0.197. The molecular formula is C14H17BrFN3. The van der Waals surface area contributed by atoms with Crippen LogP contribution in [0.2, 0.25) is 0 Å². The summed E-state index contributed by atoms with van der Waals surface area (Å²) in [6, 6.07) is 5.09. The van der Waals surface area contributed by atoms with Gasteiger partial charge in [-0.1, -0.05) is 22.0 Å². The number of benzene rings is 1. The number of hydrogen-bond acceptors (Lipinski definition) is 2. The van der Waals surface area contributed by atoms with Gasteiger partial charge >= 0.3 is 0 Å². The number of aromatic nitrogens is 2. The van der Waals surface area contributed by atoms with E-state index in [1.807, 2.05) is 37.8 Å². The van der Waals surface area contributed by atoms with Gasteiger partial charge in [0, 0.05) is 40.9 Å². The Morgan fingerprint density at radius 1 is 1.47 bits per heavy atom. The zero-order chi connectivity index (χ0) is 14.0. The molecule has 0 aliphatic rings. The number of halogens is 2. The fourth-order valence-corrected chi connectivity index (χ4v) is 2.28. The molecule has 19 heavy (non-hydrogen) atoms. The molecule has 2 aromatic rings. The van der Waals surface area contributed by atoms with Crippen LogP contribution in [-0.4, -0.2) is 9.78 Å². The highest BCUT2D eigenvalue weighted by molar-refractivity contribution is 9.10. The molecule has 0 spiro atoms. The van der Waals surface area contributed by atoms with Crippen LogP contribution in [0.4, 0.5) is 4.39 Å². The van der Waals surface area contributed by atoms with Gasteiger partial charge in [0.05, 0.1) is 6.20 Å². The van der Waals surface area contributed by atoms with E-state index in [0.29, 0.717) is 12.1 Å². The molecule has 3 nitrogen and oxygen atoms in total. The van der Waals surface area contributed by atoms with Crippen molar-refractivity contribution < 1.29 is 4.39 Å². The SMILES string of the molecule is Cc1c(CNC(C)c2ccc(Br)cc2F)cnn1C. The minimum Gasteiger partial charge on any atom is -0.306 e. The molecule has 1 atom stereocenters. The first-order valence-corrected chi connectivity index (χ1v) is 6.94. The predicted octanol–water partition coefficient (Wildman–Crippen LogP) is 3.48.